The number of ether oxygens (including phenoxy) is 2. The first-order valence-electron chi connectivity index (χ1n) is 15.0. The van der Waals surface area contributed by atoms with E-state index in [-0.39, 0.29) is 30.2 Å². The van der Waals surface area contributed by atoms with E-state index in [1.165, 1.54) is 6.92 Å². The molecule has 0 bridgehead atoms. The van der Waals surface area contributed by atoms with Crippen molar-refractivity contribution in [2.75, 3.05) is 11.1 Å². The number of hydrogen-bond donors (Lipinski definition) is 4. The molecule has 4 aromatic carbocycles. The summed E-state index contributed by atoms with van der Waals surface area (Å²) in [6.45, 7) is 1.41. The summed E-state index contributed by atoms with van der Waals surface area (Å²) in [7, 11) is 0. The number of aliphatic hydroxyl groups excluding tert-OH is 1. The molecular weight excluding hydrogens is 604 g/mol. The molecule has 2 amide bonds. The van der Waals surface area contributed by atoms with Crippen molar-refractivity contribution in [1.29, 1.82) is 0 Å². The third-order valence-corrected chi connectivity index (χ3v) is 8.79. The van der Waals surface area contributed by atoms with E-state index >= 15 is 0 Å². The number of ketones is 1. The van der Waals surface area contributed by atoms with Gasteiger partial charge in [0.1, 0.15) is 0 Å². The molecule has 0 aliphatic carbocycles. The SMILES string of the molecule is CC(=O)C(Cc1ccccc1)NC(=O)Nc1cccc(C2OC(CSc3ccc(C(=O)O)cc3)CC(c3ccc(CO)cc3)O2)c1. The smallest absolute Gasteiger partial charge is 0.335 e. The van der Waals surface area contributed by atoms with Gasteiger partial charge in [0.2, 0.25) is 0 Å². The molecule has 4 unspecified atom stereocenters. The second-order valence-corrected chi connectivity index (χ2v) is 12.2. The molecule has 0 saturated carbocycles. The van der Waals surface area contributed by atoms with Gasteiger partial charge in [0.15, 0.2) is 12.1 Å². The lowest BCUT2D eigenvalue weighted by Crippen LogP contribution is -2.43. The van der Waals surface area contributed by atoms with E-state index in [0.717, 1.165) is 21.6 Å². The molecule has 0 radical (unpaired) electrons. The molecule has 9 nitrogen and oxygen atoms in total. The molecule has 4 atom stereocenters. The van der Waals surface area contributed by atoms with Crippen LogP contribution in [0.1, 0.15) is 58.4 Å². The first-order valence-corrected chi connectivity index (χ1v) is 15.9. The molecule has 1 saturated heterocycles. The monoisotopic (exact) mass is 640 g/mol. The predicted octanol–water partition coefficient (Wildman–Crippen LogP) is 6.54. The van der Waals surface area contributed by atoms with Crippen LogP contribution in [0.4, 0.5) is 10.5 Å². The molecule has 46 heavy (non-hydrogen) atoms. The standard InChI is InChI=1S/C36H36N2O7S/c1-23(40)32(18-24-6-3-2-4-7-24)38-36(43)37-29-9-5-8-28(19-29)35-44-30(22-46-31-16-14-27(15-17-31)34(41)42)20-33(45-35)26-12-10-25(21-39)11-13-26/h2-17,19,30,32-33,35,39H,18,20-22H2,1H3,(H,41,42)(H2,37,38,43). The number of nitrogens with one attached hydrogen (secondary N) is 2. The van der Waals surface area contributed by atoms with Crippen LogP contribution in [-0.2, 0) is 27.3 Å². The summed E-state index contributed by atoms with van der Waals surface area (Å²) in [4.78, 5) is 37.4. The Morgan fingerprint density at radius 1 is 0.870 bits per heavy atom. The fourth-order valence-corrected chi connectivity index (χ4v) is 6.06. The van der Waals surface area contributed by atoms with Crippen LogP contribution in [-0.4, -0.2) is 45.9 Å². The molecule has 4 aromatic rings. The Morgan fingerprint density at radius 2 is 1.61 bits per heavy atom. The largest absolute Gasteiger partial charge is 0.478 e. The van der Waals surface area contributed by atoms with Crippen LogP contribution in [0.5, 0.6) is 0 Å². The average Bonchev–Trinajstić information content (AvgIpc) is 3.07. The maximum absolute atomic E-state index is 12.9. The lowest BCUT2D eigenvalue weighted by atomic mass is 10.0. The molecule has 1 aliphatic heterocycles. The molecule has 238 valence electrons. The normalized spacial score (nSPS) is 18.3. The number of anilines is 1. The van der Waals surface area contributed by atoms with Crippen molar-refractivity contribution in [1.82, 2.24) is 5.32 Å². The first kappa shape index (κ1) is 32.9. The summed E-state index contributed by atoms with van der Waals surface area (Å²) in [5, 5.41) is 24.3. The van der Waals surface area contributed by atoms with Crippen LogP contribution in [0.3, 0.4) is 0 Å². The van der Waals surface area contributed by atoms with Crippen molar-refractivity contribution in [2.45, 2.75) is 55.8 Å². The summed E-state index contributed by atoms with van der Waals surface area (Å²) in [6.07, 6.45) is -0.259. The second kappa shape index (κ2) is 15.7. The van der Waals surface area contributed by atoms with Crippen LogP contribution in [0, 0.1) is 0 Å². The van der Waals surface area contributed by atoms with Crippen molar-refractivity contribution >= 4 is 35.2 Å². The number of Topliss-reactive ketones (excluding diaryl/α,β-unsaturated/α-hetero) is 1. The quantitative estimate of drug-likeness (QED) is 0.128. The molecule has 0 spiro atoms. The van der Waals surface area contributed by atoms with Crippen molar-refractivity contribution in [3.63, 3.8) is 0 Å². The maximum Gasteiger partial charge on any atom is 0.335 e. The molecule has 1 fully saturated rings. The fourth-order valence-electron chi connectivity index (χ4n) is 5.14. The molecular formula is C36H36N2O7S. The zero-order valence-electron chi connectivity index (χ0n) is 25.3. The van der Waals surface area contributed by atoms with E-state index in [0.29, 0.717) is 29.8 Å². The van der Waals surface area contributed by atoms with Gasteiger partial charge in [0, 0.05) is 28.3 Å². The lowest BCUT2D eigenvalue weighted by Gasteiger charge is -2.36. The van der Waals surface area contributed by atoms with Gasteiger partial charge in [0.05, 0.1) is 30.4 Å². The number of thioether (sulfide) groups is 1. The van der Waals surface area contributed by atoms with Crippen LogP contribution < -0.4 is 10.6 Å². The molecule has 10 heteroatoms. The van der Waals surface area contributed by atoms with Gasteiger partial charge in [-0.3, -0.25) is 4.79 Å². The highest BCUT2D eigenvalue weighted by Crippen LogP contribution is 2.40. The van der Waals surface area contributed by atoms with Crippen LogP contribution in [0.15, 0.2) is 108 Å². The molecule has 0 aromatic heterocycles. The Bertz CT molecular complexity index is 1630. The number of aromatic carboxylic acids is 1. The molecule has 5 rings (SSSR count). The number of hydrogen-bond acceptors (Lipinski definition) is 7. The zero-order chi connectivity index (χ0) is 32.5. The summed E-state index contributed by atoms with van der Waals surface area (Å²) in [6, 6.07) is 29.9. The fraction of sp³-hybridized carbons (Fsp3) is 0.250. The summed E-state index contributed by atoms with van der Waals surface area (Å²) in [5.41, 5.74) is 4.16. The van der Waals surface area contributed by atoms with Gasteiger partial charge >= 0.3 is 12.0 Å². The van der Waals surface area contributed by atoms with Gasteiger partial charge in [-0.05, 0) is 66.4 Å². The highest BCUT2D eigenvalue weighted by atomic mass is 32.2. The third-order valence-electron chi connectivity index (χ3n) is 7.65. The van der Waals surface area contributed by atoms with Crippen molar-refractivity contribution in [2.24, 2.45) is 0 Å². The third kappa shape index (κ3) is 9.04. The number of benzene rings is 4. The first-order chi connectivity index (χ1) is 22.3. The highest BCUT2D eigenvalue weighted by molar-refractivity contribution is 7.99. The van der Waals surface area contributed by atoms with E-state index in [2.05, 4.69) is 10.6 Å². The number of carbonyl (C=O) groups is 3. The molecule has 1 aliphatic rings. The van der Waals surface area contributed by atoms with Crippen molar-refractivity contribution in [3.8, 4) is 0 Å². The van der Waals surface area contributed by atoms with Crippen LogP contribution in [0.2, 0.25) is 0 Å². The molecule has 4 N–H and O–H groups in total. The van der Waals surface area contributed by atoms with Gasteiger partial charge in [-0.2, -0.15) is 0 Å². The van der Waals surface area contributed by atoms with E-state index < -0.39 is 24.3 Å². The minimum Gasteiger partial charge on any atom is -0.478 e. The number of aliphatic hydroxyl groups is 1. The Labute approximate surface area is 271 Å². The summed E-state index contributed by atoms with van der Waals surface area (Å²) in [5.74, 6) is -0.509. The topological polar surface area (TPSA) is 134 Å². The van der Waals surface area contributed by atoms with Crippen molar-refractivity contribution in [3.05, 3.63) is 131 Å². The van der Waals surface area contributed by atoms with Crippen molar-refractivity contribution < 1.29 is 34.1 Å². The Kier molecular flexibility index (Phi) is 11.2. The number of urea groups is 1. The van der Waals surface area contributed by atoms with Crippen LogP contribution in [0.25, 0.3) is 0 Å². The zero-order valence-corrected chi connectivity index (χ0v) is 26.1. The highest BCUT2D eigenvalue weighted by Gasteiger charge is 2.32. The maximum atomic E-state index is 12.9. The van der Waals surface area contributed by atoms with E-state index in [4.69, 9.17) is 9.47 Å². The Morgan fingerprint density at radius 3 is 2.28 bits per heavy atom. The lowest BCUT2D eigenvalue weighted by molar-refractivity contribution is -0.245. The Hall–Kier alpha value is -4.48. The summed E-state index contributed by atoms with van der Waals surface area (Å²) < 4.78 is 12.9. The van der Waals surface area contributed by atoms with Gasteiger partial charge in [0.25, 0.3) is 0 Å². The number of carbonyl (C=O) groups excluding carboxylic acids is 2. The average molecular weight is 641 g/mol. The van der Waals surface area contributed by atoms with Crippen LogP contribution >= 0.6 is 11.8 Å². The van der Waals surface area contributed by atoms with E-state index in [1.807, 2.05) is 60.7 Å². The number of amides is 2. The van der Waals surface area contributed by atoms with Gasteiger partial charge in [-0.25, -0.2) is 9.59 Å². The second-order valence-electron chi connectivity index (χ2n) is 11.1. The minimum absolute atomic E-state index is 0.0513. The predicted molar refractivity (Wildman–Crippen MR) is 176 cm³/mol. The van der Waals surface area contributed by atoms with Gasteiger partial charge in [-0.15, -0.1) is 11.8 Å². The van der Waals surface area contributed by atoms with Gasteiger partial charge < -0.3 is 30.3 Å². The number of carboxylic acids is 1. The minimum atomic E-state index is -0.970. The van der Waals surface area contributed by atoms with E-state index in [1.54, 1.807) is 54.2 Å². The Balaban J connectivity index is 1.29. The summed E-state index contributed by atoms with van der Waals surface area (Å²) >= 11 is 1.57. The van der Waals surface area contributed by atoms with Gasteiger partial charge in [-0.1, -0.05) is 66.7 Å². The molecule has 1 heterocycles. The number of carboxylic acid groups (broad SMARTS) is 1. The van der Waals surface area contributed by atoms with E-state index in [9.17, 15) is 24.6 Å². The number of rotatable bonds is 12.